The van der Waals surface area contributed by atoms with Gasteiger partial charge >= 0.3 is 6.09 Å². The van der Waals surface area contributed by atoms with E-state index in [2.05, 4.69) is 31.0 Å². The van der Waals surface area contributed by atoms with Crippen LogP contribution < -0.4 is 10.6 Å². The number of tetrazole rings is 1. The van der Waals surface area contributed by atoms with Gasteiger partial charge in [-0.1, -0.05) is 11.6 Å². The van der Waals surface area contributed by atoms with Crippen molar-refractivity contribution in [2.75, 3.05) is 13.2 Å². The highest BCUT2D eigenvalue weighted by Gasteiger charge is 2.48. The summed E-state index contributed by atoms with van der Waals surface area (Å²) in [6.45, 7) is 1.20. The fourth-order valence-corrected chi connectivity index (χ4v) is 3.71. The highest BCUT2D eigenvalue weighted by Crippen LogP contribution is 2.35. The van der Waals surface area contributed by atoms with Gasteiger partial charge in [-0.15, -0.1) is 10.2 Å². The third-order valence-electron chi connectivity index (χ3n) is 5.20. The van der Waals surface area contributed by atoms with E-state index in [-0.39, 0.29) is 46.4 Å². The number of nitrogens with zero attached hydrogens (tertiary/aromatic N) is 5. The van der Waals surface area contributed by atoms with E-state index in [1.54, 1.807) is 0 Å². The van der Waals surface area contributed by atoms with Gasteiger partial charge in [0.05, 0.1) is 37.6 Å². The van der Waals surface area contributed by atoms with Gasteiger partial charge in [-0.05, 0) is 35.9 Å². The molecule has 1 aliphatic heterocycles. The first-order valence-electron chi connectivity index (χ1n) is 9.88. The molecular formula is C20H18ClF2N7O4. The summed E-state index contributed by atoms with van der Waals surface area (Å²) in [5.74, 6) is -2.20. The van der Waals surface area contributed by atoms with Gasteiger partial charge in [0.25, 0.3) is 5.91 Å². The molecule has 14 heteroatoms. The lowest BCUT2D eigenvalue weighted by Gasteiger charge is -2.39. The second-order valence-electron chi connectivity index (χ2n) is 7.70. The monoisotopic (exact) mass is 493 g/mol. The summed E-state index contributed by atoms with van der Waals surface area (Å²) >= 11 is 6.02. The summed E-state index contributed by atoms with van der Waals surface area (Å²) < 4.78 is 34.8. The maximum Gasteiger partial charge on any atom is 0.405 e. The van der Waals surface area contributed by atoms with Gasteiger partial charge in [0.2, 0.25) is 5.82 Å². The Labute approximate surface area is 196 Å². The van der Waals surface area contributed by atoms with Crippen LogP contribution in [-0.2, 0) is 16.6 Å². The van der Waals surface area contributed by atoms with E-state index < -0.39 is 35.2 Å². The van der Waals surface area contributed by atoms with Crippen molar-refractivity contribution in [1.29, 1.82) is 0 Å². The molecule has 0 aliphatic carbocycles. The smallest absolute Gasteiger partial charge is 0.405 e. The molecule has 0 saturated carbocycles. The molecule has 11 nitrogen and oxygen atoms in total. The van der Waals surface area contributed by atoms with E-state index in [1.807, 2.05) is 0 Å². The van der Waals surface area contributed by atoms with Gasteiger partial charge in [0.1, 0.15) is 11.6 Å². The molecule has 1 aromatic carbocycles. The first-order valence-corrected chi connectivity index (χ1v) is 10.3. The van der Waals surface area contributed by atoms with E-state index in [9.17, 15) is 14.0 Å². The normalized spacial score (nSPS) is 15.3. The number of benzene rings is 1. The van der Waals surface area contributed by atoms with Crippen molar-refractivity contribution in [2.24, 2.45) is 7.05 Å². The SMILES string of the molecule is C[C@@H](NC(=O)C1(NC(=O)O)COC1)c1ncc(-c2cc(Cl)cc(F)c2-c2nnn(C)n2)cc1F. The number of aryl methyl sites for hydroxylation is 1. The predicted molar refractivity (Wildman–Crippen MR) is 114 cm³/mol. The molecule has 1 saturated heterocycles. The number of carbonyl (C=O) groups is 2. The number of aromatic nitrogens is 5. The molecule has 3 aromatic rings. The van der Waals surface area contributed by atoms with Crippen LogP contribution in [0.15, 0.2) is 24.4 Å². The van der Waals surface area contributed by atoms with Gasteiger partial charge in [0, 0.05) is 16.8 Å². The van der Waals surface area contributed by atoms with Crippen LogP contribution in [0.1, 0.15) is 18.7 Å². The van der Waals surface area contributed by atoms with Crippen molar-refractivity contribution in [3.05, 3.63) is 46.7 Å². The Kier molecular flexibility index (Phi) is 6.15. The minimum atomic E-state index is -1.45. The fourth-order valence-electron chi connectivity index (χ4n) is 3.50. The number of nitrogens with one attached hydrogen (secondary N) is 2. The predicted octanol–water partition coefficient (Wildman–Crippen LogP) is 2.08. The van der Waals surface area contributed by atoms with Crippen molar-refractivity contribution in [2.45, 2.75) is 18.5 Å². The van der Waals surface area contributed by atoms with Crippen LogP contribution in [0.3, 0.4) is 0 Å². The zero-order valence-corrected chi connectivity index (χ0v) is 18.6. The molecule has 4 rings (SSSR count). The first kappa shape index (κ1) is 23.4. The van der Waals surface area contributed by atoms with Crippen molar-refractivity contribution < 1.29 is 28.2 Å². The lowest BCUT2D eigenvalue weighted by Crippen LogP contribution is -2.70. The quantitative estimate of drug-likeness (QED) is 0.473. The maximum atomic E-state index is 15.1. The molecule has 2 aromatic heterocycles. The summed E-state index contributed by atoms with van der Waals surface area (Å²) in [4.78, 5) is 28.9. The summed E-state index contributed by atoms with van der Waals surface area (Å²) in [6, 6.07) is 2.72. The fraction of sp³-hybridized carbons (Fsp3) is 0.300. The average Bonchev–Trinajstić information content (AvgIpc) is 3.15. The Morgan fingerprint density at radius 3 is 2.56 bits per heavy atom. The van der Waals surface area contributed by atoms with Crippen LogP contribution in [0.4, 0.5) is 13.6 Å². The van der Waals surface area contributed by atoms with E-state index in [4.69, 9.17) is 21.4 Å². The number of amides is 2. The largest absolute Gasteiger partial charge is 0.465 e. The summed E-state index contributed by atoms with van der Waals surface area (Å²) in [5.41, 5.74) is -1.19. The van der Waals surface area contributed by atoms with Crippen LogP contribution in [0, 0.1) is 11.6 Å². The zero-order chi connectivity index (χ0) is 24.6. The molecule has 3 N–H and O–H groups in total. The minimum absolute atomic E-state index is 0.0178. The van der Waals surface area contributed by atoms with Crippen LogP contribution in [0.25, 0.3) is 22.5 Å². The van der Waals surface area contributed by atoms with Crippen molar-refractivity contribution in [3.8, 4) is 22.5 Å². The lowest BCUT2D eigenvalue weighted by atomic mass is 9.95. The number of rotatable bonds is 6. The second-order valence-corrected chi connectivity index (χ2v) is 8.14. The molecule has 0 unspecified atom stereocenters. The molecule has 178 valence electrons. The van der Waals surface area contributed by atoms with Crippen molar-refractivity contribution in [3.63, 3.8) is 0 Å². The highest BCUT2D eigenvalue weighted by atomic mass is 35.5. The van der Waals surface area contributed by atoms with Gasteiger partial charge in [-0.2, -0.15) is 4.80 Å². The number of pyridine rings is 1. The molecule has 0 bridgehead atoms. The van der Waals surface area contributed by atoms with E-state index in [0.717, 1.165) is 16.9 Å². The number of ether oxygens (including phenoxy) is 1. The maximum absolute atomic E-state index is 15.1. The Balaban J connectivity index is 1.63. The molecule has 2 amide bonds. The summed E-state index contributed by atoms with van der Waals surface area (Å²) in [6.07, 6.45) is -0.0917. The van der Waals surface area contributed by atoms with Crippen molar-refractivity contribution in [1.82, 2.24) is 35.8 Å². The van der Waals surface area contributed by atoms with Gasteiger partial charge in [-0.25, -0.2) is 13.6 Å². The second kappa shape index (κ2) is 8.91. The summed E-state index contributed by atoms with van der Waals surface area (Å²) in [5, 5.41) is 25.2. The number of hydrogen-bond acceptors (Lipinski definition) is 7. The minimum Gasteiger partial charge on any atom is -0.465 e. The standard InChI is InChI=1S/C20H18ClF2N7O4/c1-9(25-18(31)20(7-34-8-20)26-19(32)33)16-14(23)3-10(6-24-16)12-4-11(21)5-13(22)15(12)17-27-29-30(2)28-17/h3-6,9,26H,7-8H2,1-2H3,(H,25,31)(H,32,33)/t9-/m1/s1. The Bertz CT molecular complexity index is 1280. The first-order chi connectivity index (χ1) is 16.1. The van der Waals surface area contributed by atoms with Gasteiger partial charge in [-0.3, -0.25) is 9.78 Å². The molecule has 34 heavy (non-hydrogen) atoms. The van der Waals surface area contributed by atoms with Crippen LogP contribution in [-0.4, -0.2) is 61.1 Å². The molecular weight excluding hydrogens is 476 g/mol. The average molecular weight is 494 g/mol. The van der Waals surface area contributed by atoms with Crippen LogP contribution in [0.5, 0.6) is 0 Å². The highest BCUT2D eigenvalue weighted by molar-refractivity contribution is 6.31. The topological polar surface area (TPSA) is 144 Å². The van der Waals surface area contributed by atoms with Crippen LogP contribution >= 0.6 is 11.6 Å². The van der Waals surface area contributed by atoms with E-state index in [1.165, 1.54) is 26.2 Å². The molecule has 0 spiro atoms. The van der Waals surface area contributed by atoms with Crippen molar-refractivity contribution >= 4 is 23.6 Å². The summed E-state index contributed by atoms with van der Waals surface area (Å²) in [7, 11) is 1.52. The molecule has 1 fully saturated rings. The molecule has 1 aliphatic rings. The molecule has 0 radical (unpaired) electrons. The number of halogens is 3. The lowest BCUT2D eigenvalue weighted by molar-refractivity contribution is -0.147. The van der Waals surface area contributed by atoms with Crippen LogP contribution in [0.2, 0.25) is 5.02 Å². The third kappa shape index (κ3) is 4.39. The number of carboxylic acid groups (broad SMARTS) is 1. The van der Waals surface area contributed by atoms with E-state index >= 15 is 4.39 Å². The molecule has 3 heterocycles. The van der Waals surface area contributed by atoms with Gasteiger partial charge < -0.3 is 20.5 Å². The Morgan fingerprint density at radius 1 is 1.26 bits per heavy atom. The number of hydrogen-bond donors (Lipinski definition) is 3. The zero-order valence-electron chi connectivity index (χ0n) is 17.8. The number of carbonyl (C=O) groups excluding carboxylic acids is 1. The van der Waals surface area contributed by atoms with E-state index in [0.29, 0.717) is 0 Å². The Morgan fingerprint density at radius 2 is 2.00 bits per heavy atom. The molecule has 1 atom stereocenters. The van der Waals surface area contributed by atoms with Gasteiger partial charge in [0.15, 0.2) is 5.54 Å². The Hall–Kier alpha value is -3.71. The third-order valence-corrected chi connectivity index (χ3v) is 5.42.